The lowest BCUT2D eigenvalue weighted by atomic mass is 9.92. The molecule has 0 fully saturated rings. The standard InChI is InChI=1S/C19H22N2OS/c1-13(2)14-8-7-9-15(12-14)19(3,4)21-18(22)20-16-10-5-6-11-17(16)23/h5-12,23H,1H2,2-4H3,(H2,20,21,22). The Bertz CT molecular complexity index is 738. The van der Waals surface area contributed by atoms with Gasteiger partial charge in [0.25, 0.3) is 0 Å². The minimum atomic E-state index is -0.513. The first kappa shape index (κ1) is 17.2. The monoisotopic (exact) mass is 326 g/mol. The summed E-state index contributed by atoms with van der Waals surface area (Å²) < 4.78 is 0. The van der Waals surface area contributed by atoms with Crippen LogP contribution >= 0.6 is 12.6 Å². The van der Waals surface area contributed by atoms with Crippen LogP contribution in [0.1, 0.15) is 31.9 Å². The third-order valence-corrected chi connectivity index (χ3v) is 4.05. The van der Waals surface area contributed by atoms with Crippen molar-refractivity contribution in [3.8, 4) is 0 Å². The minimum Gasteiger partial charge on any atom is -0.329 e. The molecule has 0 unspecified atom stereocenters. The Morgan fingerprint density at radius 1 is 1.13 bits per heavy atom. The predicted molar refractivity (Wildman–Crippen MR) is 100 cm³/mol. The fourth-order valence-corrected chi connectivity index (χ4v) is 2.48. The molecule has 0 saturated heterocycles. The van der Waals surface area contributed by atoms with Crippen LogP contribution in [0.3, 0.4) is 0 Å². The first-order valence-corrected chi connectivity index (χ1v) is 7.88. The number of allylic oxidation sites excluding steroid dienone is 1. The second-order valence-electron chi connectivity index (χ2n) is 6.08. The topological polar surface area (TPSA) is 41.1 Å². The molecular weight excluding hydrogens is 304 g/mol. The summed E-state index contributed by atoms with van der Waals surface area (Å²) in [5, 5.41) is 5.83. The minimum absolute atomic E-state index is 0.266. The molecule has 2 rings (SSSR count). The Balaban J connectivity index is 2.14. The lowest BCUT2D eigenvalue weighted by Crippen LogP contribution is -2.43. The van der Waals surface area contributed by atoms with Crippen molar-refractivity contribution in [2.45, 2.75) is 31.2 Å². The first-order valence-electron chi connectivity index (χ1n) is 7.43. The molecule has 2 aromatic carbocycles. The number of benzene rings is 2. The van der Waals surface area contributed by atoms with Gasteiger partial charge in [0.1, 0.15) is 0 Å². The molecule has 0 saturated carbocycles. The third kappa shape index (κ3) is 4.39. The maximum Gasteiger partial charge on any atom is 0.319 e. The Morgan fingerprint density at radius 3 is 2.48 bits per heavy atom. The molecule has 0 aliphatic rings. The van der Waals surface area contributed by atoms with Gasteiger partial charge in [-0.3, -0.25) is 0 Å². The Labute approximate surface area is 143 Å². The van der Waals surface area contributed by atoms with Crippen LogP contribution in [-0.4, -0.2) is 6.03 Å². The number of rotatable bonds is 4. The van der Waals surface area contributed by atoms with Crippen LogP contribution < -0.4 is 10.6 Å². The molecule has 0 aliphatic heterocycles. The number of hydrogen-bond acceptors (Lipinski definition) is 2. The van der Waals surface area contributed by atoms with Crippen molar-refractivity contribution in [2.75, 3.05) is 5.32 Å². The second kappa shape index (κ2) is 6.92. The maximum absolute atomic E-state index is 12.3. The van der Waals surface area contributed by atoms with Gasteiger partial charge in [0, 0.05) is 4.90 Å². The number of thiol groups is 1. The third-order valence-electron chi connectivity index (χ3n) is 3.66. The van der Waals surface area contributed by atoms with Crippen molar-refractivity contribution in [2.24, 2.45) is 0 Å². The fourth-order valence-electron chi connectivity index (χ4n) is 2.26. The van der Waals surface area contributed by atoms with E-state index in [4.69, 9.17) is 0 Å². The lowest BCUT2D eigenvalue weighted by Gasteiger charge is -2.27. The van der Waals surface area contributed by atoms with Crippen LogP contribution in [-0.2, 0) is 5.54 Å². The van der Waals surface area contributed by atoms with Crippen molar-refractivity contribution in [3.63, 3.8) is 0 Å². The fraction of sp³-hybridized carbons (Fsp3) is 0.211. The summed E-state index contributed by atoms with van der Waals surface area (Å²) >= 11 is 4.34. The lowest BCUT2D eigenvalue weighted by molar-refractivity contribution is 0.242. The molecule has 23 heavy (non-hydrogen) atoms. The van der Waals surface area contributed by atoms with Gasteiger partial charge in [-0.1, -0.05) is 42.5 Å². The summed E-state index contributed by atoms with van der Waals surface area (Å²) in [7, 11) is 0. The number of amides is 2. The van der Waals surface area contributed by atoms with Crippen LogP contribution in [0, 0.1) is 0 Å². The largest absolute Gasteiger partial charge is 0.329 e. The molecule has 3 nitrogen and oxygen atoms in total. The first-order chi connectivity index (χ1) is 10.8. The molecule has 0 atom stereocenters. The van der Waals surface area contributed by atoms with E-state index in [9.17, 15) is 4.79 Å². The van der Waals surface area contributed by atoms with Gasteiger partial charge < -0.3 is 10.6 Å². The number of carbonyl (C=O) groups is 1. The molecule has 0 spiro atoms. The molecule has 0 bridgehead atoms. The van der Waals surface area contributed by atoms with Crippen LogP contribution in [0.5, 0.6) is 0 Å². The summed E-state index contributed by atoms with van der Waals surface area (Å²) in [5.74, 6) is 0. The van der Waals surface area contributed by atoms with Crippen LogP contribution in [0.15, 0.2) is 60.0 Å². The number of para-hydroxylation sites is 1. The normalized spacial score (nSPS) is 11.0. The van der Waals surface area contributed by atoms with Gasteiger partial charge in [-0.15, -0.1) is 12.6 Å². The van der Waals surface area contributed by atoms with E-state index in [0.717, 1.165) is 21.6 Å². The quantitative estimate of drug-likeness (QED) is 0.675. The van der Waals surface area contributed by atoms with Gasteiger partial charge in [-0.05, 0) is 50.1 Å². The molecule has 0 aliphatic carbocycles. The number of hydrogen-bond donors (Lipinski definition) is 3. The molecule has 2 N–H and O–H groups in total. The average Bonchev–Trinajstić information content (AvgIpc) is 2.49. The number of carbonyl (C=O) groups excluding carboxylic acids is 1. The predicted octanol–water partition coefficient (Wildman–Crippen LogP) is 5.07. The van der Waals surface area contributed by atoms with Crippen molar-refractivity contribution in [1.29, 1.82) is 0 Å². The molecule has 4 heteroatoms. The van der Waals surface area contributed by atoms with Crippen molar-refractivity contribution < 1.29 is 4.79 Å². The molecule has 0 heterocycles. The van der Waals surface area contributed by atoms with Gasteiger partial charge in [0.05, 0.1) is 11.2 Å². The van der Waals surface area contributed by atoms with E-state index >= 15 is 0 Å². The van der Waals surface area contributed by atoms with E-state index in [-0.39, 0.29) is 6.03 Å². The Morgan fingerprint density at radius 2 is 1.83 bits per heavy atom. The molecule has 2 amide bonds. The van der Waals surface area contributed by atoms with Crippen molar-refractivity contribution in [3.05, 3.63) is 66.2 Å². The van der Waals surface area contributed by atoms with E-state index in [1.165, 1.54) is 0 Å². The van der Waals surface area contributed by atoms with Crippen LogP contribution in [0.4, 0.5) is 10.5 Å². The maximum atomic E-state index is 12.3. The van der Waals surface area contributed by atoms with E-state index in [0.29, 0.717) is 5.69 Å². The molecule has 0 radical (unpaired) electrons. The molecular formula is C19H22N2OS. The zero-order valence-corrected chi connectivity index (χ0v) is 14.6. The van der Waals surface area contributed by atoms with Gasteiger partial charge in [-0.2, -0.15) is 0 Å². The van der Waals surface area contributed by atoms with E-state index in [2.05, 4.69) is 35.9 Å². The average molecular weight is 326 g/mol. The summed E-state index contributed by atoms with van der Waals surface area (Å²) in [6.07, 6.45) is 0. The number of nitrogens with one attached hydrogen (secondary N) is 2. The SMILES string of the molecule is C=C(C)c1cccc(C(C)(C)NC(=O)Nc2ccccc2S)c1. The van der Waals surface area contributed by atoms with Gasteiger partial charge in [-0.25, -0.2) is 4.79 Å². The highest BCUT2D eigenvalue weighted by Gasteiger charge is 2.23. The summed E-state index contributed by atoms with van der Waals surface area (Å²) in [4.78, 5) is 13.0. The molecule has 0 aromatic heterocycles. The second-order valence-corrected chi connectivity index (χ2v) is 6.56. The zero-order chi connectivity index (χ0) is 17.0. The van der Waals surface area contributed by atoms with Crippen molar-refractivity contribution in [1.82, 2.24) is 5.32 Å². The highest BCUT2D eigenvalue weighted by molar-refractivity contribution is 7.80. The van der Waals surface area contributed by atoms with E-state index in [1.807, 2.05) is 63.2 Å². The number of anilines is 1. The summed E-state index contributed by atoms with van der Waals surface area (Å²) in [5.41, 5.74) is 3.25. The van der Waals surface area contributed by atoms with E-state index < -0.39 is 5.54 Å². The Hall–Kier alpha value is -2.20. The van der Waals surface area contributed by atoms with Crippen molar-refractivity contribution >= 4 is 29.9 Å². The van der Waals surface area contributed by atoms with Gasteiger partial charge in [0.15, 0.2) is 0 Å². The smallest absolute Gasteiger partial charge is 0.319 e. The highest BCUT2D eigenvalue weighted by atomic mass is 32.1. The van der Waals surface area contributed by atoms with Crippen LogP contribution in [0.25, 0.3) is 5.57 Å². The summed E-state index contributed by atoms with van der Waals surface area (Å²) in [6, 6.07) is 15.2. The summed E-state index contributed by atoms with van der Waals surface area (Å²) in [6.45, 7) is 9.87. The van der Waals surface area contributed by atoms with Crippen LogP contribution in [0.2, 0.25) is 0 Å². The van der Waals surface area contributed by atoms with Gasteiger partial charge >= 0.3 is 6.03 Å². The number of urea groups is 1. The molecule has 2 aromatic rings. The molecule has 120 valence electrons. The van der Waals surface area contributed by atoms with E-state index in [1.54, 1.807) is 0 Å². The Kier molecular flexibility index (Phi) is 5.16. The highest BCUT2D eigenvalue weighted by Crippen LogP contribution is 2.24. The van der Waals surface area contributed by atoms with Gasteiger partial charge in [0.2, 0.25) is 0 Å². The zero-order valence-electron chi connectivity index (χ0n) is 13.7.